The van der Waals surface area contributed by atoms with Gasteiger partial charge < -0.3 is 15.1 Å². The highest BCUT2D eigenvalue weighted by Gasteiger charge is 2.21. The van der Waals surface area contributed by atoms with Gasteiger partial charge >= 0.3 is 0 Å². The van der Waals surface area contributed by atoms with Crippen LogP contribution in [0.2, 0.25) is 0 Å². The number of guanidine groups is 1. The zero-order chi connectivity index (χ0) is 18.8. The smallest absolute Gasteiger partial charge is 0.191 e. The van der Waals surface area contributed by atoms with Gasteiger partial charge in [0.15, 0.2) is 5.96 Å². The monoisotopic (exact) mass is 366 g/mol. The topological polar surface area (TPSA) is 80.3 Å². The second kappa shape index (κ2) is 7.42. The van der Waals surface area contributed by atoms with Crippen LogP contribution in [0.3, 0.4) is 0 Å². The summed E-state index contributed by atoms with van der Waals surface area (Å²) in [5.41, 5.74) is 2.07. The Labute approximate surface area is 158 Å². The van der Waals surface area contributed by atoms with Crippen LogP contribution in [0.5, 0.6) is 0 Å². The summed E-state index contributed by atoms with van der Waals surface area (Å²) in [7, 11) is 0. The number of nitrogens with zero attached hydrogens (tertiary/aromatic N) is 4. The molecule has 0 radical (unpaired) electrons. The number of aryl methyl sites for hydroxylation is 3. The van der Waals surface area contributed by atoms with Crippen LogP contribution in [0.15, 0.2) is 33.7 Å². The molecule has 3 heterocycles. The minimum atomic E-state index is 0.285. The lowest BCUT2D eigenvalue weighted by Gasteiger charge is -2.25. The molecule has 2 aromatic heterocycles. The summed E-state index contributed by atoms with van der Waals surface area (Å²) in [5, 5.41) is 12.5. The van der Waals surface area contributed by atoms with Crippen molar-refractivity contribution in [3.8, 4) is 0 Å². The van der Waals surface area contributed by atoms with E-state index in [2.05, 4.69) is 40.6 Å². The molecule has 7 nitrogen and oxygen atoms in total. The number of nitrogens with one attached hydrogen (secondary N) is 2. The highest BCUT2D eigenvalue weighted by Crippen LogP contribution is 2.25. The van der Waals surface area contributed by atoms with Crippen LogP contribution >= 0.6 is 0 Å². The molecule has 27 heavy (non-hydrogen) atoms. The first-order valence-corrected chi connectivity index (χ1v) is 9.56. The van der Waals surface area contributed by atoms with Crippen molar-refractivity contribution in [1.29, 1.82) is 0 Å². The molecule has 0 bridgehead atoms. The SMILES string of the molecule is CCNC(=NCc1oc2ccccc2c1C)NC1CCc2nc(C)nn2C1. The van der Waals surface area contributed by atoms with E-state index in [-0.39, 0.29) is 6.04 Å². The van der Waals surface area contributed by atoms with Gasteiger partial charge in [-0.1, -0.05) is 18.2 Å². The van der Waals surface area contributed by atoms with Gasteiger partial charge in [0, 0.05) is 30.0 Å². The summed E-state index contributed by atoms with van der Waals surface area (Å²) >= 11 is 0. The van der Waals surface area contributed by atoms with Crippen molar-refractivity contribution in [3.63, 3.8) is 0 Å². The first-order chi connectivity index (χ1) is 13.1. The zero-order valence-corrected chi connectivity index (χ0v) is 16.1. The largest absolute Gasteiger partial charge is 0.459 e. The highest BCUT2D eigenvalue weighted by atomic mass is 16.3. The van der Waals surface area contributed by atoms with E-state index >= 15 is 0 Å². The number of hydrogen-bond acceptors (Lipinski definition) is 4. The number of furan rings is 1. The Morgan fingerprint density at radius 3 is 3.00 bits per heavy atom. The predicted molar refractivity (Wildman–Crippen MR) is 106 cm³/mol. The lowest BCUT2D eigenvalue weighted by Crippen LogP contribution is -2.47. The fourth-order valence-corrected chi connectivity index (χ4v) is 3.59. The molecule has 142 valence electrons. The van der Waals surface area contributed by atoms with Crippen LogP contribution in [0.25, 0.3) is 11.0 Å². The van der Waals surface area contributed by atoms with Crippen molar-refractivity contribution >= 4 is 16.9 Å². The number of benzene rings is 1. The molecule has 7 heteroatoms. The number of rotatable bonds is 4. The Balaban J connectivity index is 1.48. The molecule has 1 aliphatic rings. The van der Waals surface area contributed by atoms with Gasteiger partial charge in [-0.3, -0.25) is 0 Å². The van der Waals surface area contributed by atoms with Gasteiger partial charge in [-0.05, 0) is 33.3 Å². The van der Waals surface area contributed by atoms with Gasteiger partial charge in [0.1, 0.15) is 29.5 Å². The van der Waals surface area contributed by atoms with Crippen LogP contribution in [-0.4, -0.2) is 33.3 Å². The number of para-hydroxylation sites is 1. The molecular formula is C20H26N6O. The maximum absolute atomic E-state index is 5.98. The van der Waals surface area contributed by atoms with Gasteiger partial charge in [0.2, 0.25) is 0 Å². The summed E-state index contributed by atoms with van der Waals surface area (Å²) in [6.45, 7) is 8.23. The van der Waals surface area contributed by atoms with E-state index in [9.17, 15) is 0 Å². The summed E-state index contributed by atoms with van der Waals surface area (Å²) in [4.78, 5) is 9.22. The van der Waals surface area contributed by atoms with Gasteiger partial charge in [-0.2, -0.15) is 5.10 Å². The van der Waals surface area contributed by atoms with Crippen molar-refractivity contribution in [1.82, 2.24) is 25.4 Å². The van der Waals surface area contributed by atoms with Crippen LogP contribution in [0, 0.1) is 13.8 Å². The fraction of sp³-hybridized carbons (Fsp3) is 0.450. The van der Waals surface area contributed by atoms with Crippen LogP contribution < -0.4 is 10.6 Å². The highest BCUT2D eigenvalue weighted by molar-refractivity contribution is 5.82. The molecule has 0 aliphatic carbocycles. The third-order valence-corrected chi connectivity index (χ3v) is 4.97. The molecule has 0 fully saturated rings. The maximum Gasteiger partial charge on any atom is 0.191 e. The lowest BCUT2D eigenvalue weighted by atomic mass is 10.1. The Kier molecular flexibility index (Phi) is 4.83. The third kappa shape index (κ3) is 3.67. The number of aromatic nitrogens is 3. The Bertz CT molecular complexity index is 970. The second-order valence-corrected chi connectivity index (χ2v) is 6.98. The van der Waals surface area contributed by atoms with E-state index in [0.717, 1.165) is 65.8 Å². The number of aliphatic imine (C=N–C) groups is 1. The first kappa shape index (κ1) is 17.6. The van der Waals surface area contributed by atoms with Crippen molar-refractivity contribution < 1.29 is 4.42 Å². The molecule has 0 saturated heterocycles. The minimum absolute atomic E-state index is 0.285. The van der Waals surface area contributed by atoms with E-state index in [1.807, 2.05) is 29.8 Å². The zero-order valence-electron chi connectivity index (χ0n) is 16.1. The predicted octanol–water partition coefficient (Wildman–Crippen LogP) is 2.71. The van der Waals surface area contributed by atoms with Gasteiger partial charge in [-0.15, -0.1) is 0 Å². The van der Waals surface area contributed by atoms with E-state index in [0.29, 0.717) is 6.54 Å². The average Bonchev–Trinajstić information content (AvgIpc) is 3.19. The van der Waals surface area contributed by atoms with E-state index < -0.39 is 0 Å². The molecule has 1 unspecified atom stereocenters. The summed E-state index contributed by atoms with van der Waals surface area (Å²) in [6.07, 6.45) is 1.95. The summed E-state index contributed by atoms with van der Waals surface area (Å²) in [5.74, 6) is 3.63. The van der Waals surface area contributed by atoms with Crippen molar-refractivity contribution in [2.24, 2.45) is 4.99 Å². The quantitative estimate of drug-likeness (QED) is 0.548. The second-order valence-electron chi connectivity index (χ2n) is 6.98. The van der Waals surface area contributed by atoms with Crippen molar-refractivity contribution in [2.75, 3.05) is 6.54 Å². The number of hydrogen-bond donors (Lipinski definition) is 2. The van der Waals surface area contributed by atoms with E-state index in [1.165, 1.54) is 0 Å². The molecule has 2 N–H and O–H groups in total. The molecule has 1 aliphatic heterocycles. The summed E-state index contributed by atoms with van der Waals surface area (Å²) < 4.78 is 7.99. The van der Waals surface area contributed by atoms with Gasteiger partial charge in [0.05, 0.1) is 6.54 Å². The lowest BCUT2D eigenvalue weighted by molar-refractivity contribution is 0.392. The summed E-state index contributed by atoms with van der Waals surface area (Å²) in [6, 6.07) is 8.40. The van der Waals surface area contributed by atoms with Crippen LogP contribution in [0.4, 0.5) is 0 Å². The van der Waals surface area contributed by atoms with Crippen LogP contribution in [0.1, 0.15) is 36.3 Å². The number of fused-ring (bicyclic) bond motifs is 2. The standard InChI is InChI=1S/C20H26N6O/c1-4-21-20(24-15-9-10-19-23-14(3)25-26(19)12-15)22-11-18-13(2)16-7-5-6-8-17(16)27-18/h5-8,15H,4,9-12H2,1-3H3,(H2,21,22,24). The molecule has 3 aromatic rings. The van der Waals surface area contributed by atoms with Gasteiger partial charge in [-0.25, -0.2) is 14.7 Å². The molecule has 4 rings (SSSR count). The first-order valence-electron chi connectivity index (χ1n) is 9.56. The van der Waals surface area contributed by atoms with Crippen molar-refractivity contribution in [2.45, 2.75) is 52.7 Å². The molecular weight excluding hydrogens is 340 g/mol. The van der Waals surface area contributed by atoms with E-state index in [1.54, 1.807) is 0 Å². The Morgan fingerprint density at radius 1 is 1.33 bits per heavy atom. The van der Waals surface area contributed by atoms with E-state index in [4.69, 9.17) is 9.41 Å². The van der Waals surface area contributed by atoms with Crippen molar-refractivity contribution in [3.05, 3.63) is 47.2 Å². The average molecular weight is 366 g/mol. The molecule has 0 spiro atoms. The normalized spacial score (nSPS) is 17.1. The van der Waals surface area contributed by atoms with Crippen LogP contribution in [-0.2, 0) is 19.5 Å². The Hall–Kier alpha value is -2.83. The molecule has 0 amide bonds. The maximum atomic E-state index is 5.98. The third-order valence-electron chi connectivity index (χ3n) is 4.97. The molecule has 1 atom stereocenters. The minimum Gasteiger partial charge on any atom is -0.459 e. The fourth-order valence-electron chi connectivity index (χ4n) is 3.59. The molecule has 0 saturated carbocycles. The van der Waals surface area contributed by atoms with Gasteiger partial charge in [0.25, 0.3) is 0 Å². The molecule has 1 aromatic carbocycles. The Morgan fingerprint density at radius 2 is 2.19 bits per heavy atom.